The number of benzene rings is 3. The summed E-state index contributed by atoms with van der Waals surface area (Å²) in [6.45, 7) is 0.111. The highest BCUT2D eigenvalue weighted by molar-refractivity contribution is 7.85. The first-order chi connectivity index (χ1) is 20.6. The molecule has 5 rings (SSSR count). The predicted molar refractivity (Wildman–Crippen MR) is 157 cm³/mol. The number of alkyl halides is 3. The van der Waals surface area contributed by atoms with Gasteiger partial charge < -0.3 is 23.3 Å². The van der Waals surface area contributed by atoms with Crippen LogP contribution >= 0.6 is 0 Å². The van der Waals surface area contributed by atoms with Gasteiger partial charge in [0.15, 0.2) is 6.54 Å². The molecular weight excluding hydrogens is 623 g/mol. The maximum Gasteiger partial charge on any atom is 0.416 e. The average Bonchev–Trinajstić information content (AvgIpc) is 3.41. The van der Waals surface area contributed by atoms with Crippen molar-refractivity contribution in [3.05, 3.63) is 84.0 Å². The number of rotatable bonds is 10. The van der Waals surface area contributed by atoms with Crippen molar-refractivity contribution in [2.75, 3.05) is 34.9 Å². The van der Waals surface area contributed by atoms with Gasteiger partial charge in [0.05, 0.1) is 48.6 Å². The normalized spacial score (nSPS) is 15.4. The van der Waals surface area contributed by atoms with Crippen LogP contribution in [0.4, 0.5) is 24.5 Å². The van der Waals surface area contributed by atoms with Crippen molar-refractivity contribution < 1.29 is 48.1 Å². The van der Waals surface area contributed by atoms with E-state index in [1.54, 1.807) is 40.8 Å². The molecule has 0 aliphatic carbocycles. The molecule has 0 bridgehead atoms. The summed E-state index contributed by atoms with van der Waals surface area (Å²) in [5, 5.41) is 1.77. The molecule has 1 aliphatic heterocycles. The number of oxazole rings is 1. The van der Waals surface area contributed by atoms with Crippen LogP contribution in [-0.4, -0.2) is 51.0 Å². The molecule has 2 heterocycles. The zero-order valence-corrected chi connectivity index (χ0v) is 25.0. The van der Waals surface area contributed by atoms with E-state index < -0.39 is 43.5 Å². The topological polar surface area (TPSA) is 138 Å². The van der Waals surface area contributed by atoms with Gasteiger partial charge in [0.1, 0.15) is 5.82 Å². The van der Waals surface area contributed by atoms with Gasteiger partial charge >= 0.3 is 12.1 Å². The summed E-state index contributed by atoms with van der Waals surface area (Å²) in [7, 11) is -7.33. The Labute approximate surface area is 251 Å². The van der Waals surface area contributed by atoms with Gasteiger partial charge in [0.2, 0.25) is 5.58 Å². The lowest BCUT2D eigenvalue weighted by Gasteiger charge is -2.23. The minimum absolute atomic E-state index is 0.0340. The summed E-state index contributed by atoms with van der Waals surface area (Å²) in [6.07, 6.45) is 0.124. The highest BCUT2D eigenvalue weighted by atomic mass is 32.2. The molecule has 0 spiro atoms. The third kappa shape index (κ3) is 6.90. The average molecular weight is 651 g/mol. The minimum Gasteiger partial charge on any atom is -0.748 e. The zero-order chi connectivity index (χ0) is 31.9. The van der Waals surface area contributed by atoms with Crippen molar-refractivity contribution in [3.8, 4) is 0 Å². The van der Waals surface area contributed by atoms with Crippen LogP contribution in [0.15, 0.2) is 77.0 Å². The van der Waals surface area contributed by atoms with Crippen LogP contribution in [0.2, 0.25) is 0 Å². The van der Waals surface area contributed by atoms with Crippen LogP contribution in [0.5, 0.6) is 0 Å². The van der Waals surface area contributed by atoms with Crippen LogP contribution < -0.4 is 14.4 Å². The van der Waals surface area contributed by atoms with Gasteiger partial charge in [-0.05, 0) is 54.3 Å². The Balaban J connectivity index is 1.54. The number of halogens is 3. The van der Waals surface area contributed by atoms with Gasteiger partial charge in [-0.25, -0.2) is 16.8 Å². The number of aryl methyl sites for hydroxylation is 1. The smallest absolute Gasteiger partial charge is 0.416 e. The standard InChI is InChI=1S/C29H28F3N3O7S2/c1-33-23-13-12-21(29(30,31)32)19-24(23)34(15-5-17-43(36,37)38)26(33)9-4-10-27-35(16-6-18-44(39,40)41)28-22-8-3-2-7-20(22)11-14-25(28)42-27/h2-4,7-14,19H,5-6,15-18H2,1H3,(H-,36,37,38,39,40,41)/p-1. The van der Waals surface area contributed by atoms with Crippen molar-refractivity contribution >= 4 is 59.6 Å². The third-order valence-electron chi connectivity index (χ3n) is 7.23. The minimum atomic E-state index is -4.60. The molecule has 44 heavy (non-hydrogen) atoms. The molecule has 0 radical (unpaired) electrons. The van der Waals surface area contributed by atoms with Crippen molar-refractivity contribution in [1.82, 2.24) is 0 Å². The van der Waals surface area contributed by atoms with Crippen LogP contribution in [0, 0.1) is 0 Å². The fourth-order valence-electron chi connectivity index (χ4n) is 5.30. The van der Waals surface area contributed by atoms with Gasteiger partial charge in [0, 0.05) is 31.5 Å². The molecule has 0 amide bonds. The van der Waals surface area contributed by atoms with Crippen molar-refractivity contribution in [1.29, 1.82) is 0 Å². The molecule has 3 aromatic carbocycles. The Kier molecular flexibility index (Phi) is 8.50. The molecule has 4 aromatic rings. The first kappa shape index (κ1) is 31.5. The number of aromatic nitrogens is 1. The zero-order valence-electron chi connectivity index (χ0n) is 23.3. The first-order valence-electron chi connectivity index (χ1n) is 13.4. The fourth-order valence-corrected chi connectivity index (χ4v) is 6.26. The fraction of sp³-hybridized carbons (Fsp3) is 0.276. The maximum absolute atomic E-state index is 13.5. The van der Waals surface area contributed by atoms with Crippen molar-refractivity contribution in [2.24, 2.45) is 0 Å². The summed E-state index contributed by atoms with van der Waals surface area (Å²) in [4.78, 5) is 3.16. The summed E-state index contributed by atoms with van der Waals surface area (Å²) < 4.78 is 116. The van der Waals surface area contributed by atoms with Crippen LogP contribution in [-0.2, 0) is 33.0 Å². The highest BCUT2D eigenvalue weighted by Crippen LogP contribution is 2.44. The number of nitrogens with zero attached hydrogens (tertiary/aromatic N) is 3. The Hall–Kier alpha value is -3.92. The molecular formula is C29H27F3N3O7S2-. The van der Waals surface area contributed by atoms with E-state index in [9.17, 15) is 39.1 Å². The molecule has 0 saturated carbocycles. The Morgan fingerprint density at radius 1 is 0.932 bits per heavy atom. The van der Waals surface area contributed by atoms with Gasteiger partial charge in [-0.2, -0.15) is 17.7 Å². The van der Waals surface area contributed by atoms with Gasteiger partial charge in [-0.15, -0.1) is 0 Å². The van der Waals surface area contributed by atoms with E-state index in [-0.39, 0.29) is 31.6 Å². The Morgan fingerprint density at radius 2 is 1.64 bits per heavy atom. The monoisotopic (exact) mass is 650 g/mol. The van der Waals surface area contributed by atoms with E-state index in [0.717, 1.165) is 22.9 Å². The molecule has 0 saturated heterocycles. The van der Waals surface area contributed by atoms with E-state index in [1.807, 2.05) is 30.3 Å². The quantitative estimate of drug-likeness (QED) is 0.178. The number of anilines is 2. The molecule has 1 aromatic heterocycles. The highest BCUT2D eigenvalue weighted by Gasteiger charge is 2.35. The van der Waals surface area contributed by atoms with Crippen molar-refractivity contribution in [2.45, 2.75) is 25.6 Å². The van der Waals surface area contributed by atoms with Crippen LogP contribution in [0.1, 0.15) is 24.3 Å². The second kappa shape index (κ2) is 11.9. The molecule has 0 unspecified atom stereocenters. The summed E-state index contributed by atoms with van der Waals surface area (Å²) in [5.41, 5.74) is 0.996. The molecule has 0 N–H and O–H groups in total. The lowest BCUT2D eigenvalue weighted by atomic mass is 10.1. The van der Waals surface area contributed by atoms with Gasteiger partial charge in [-0.1, -0.05) is 24.3 Å². The largest absolute Gasteiger partial charge is 0.748 e. The van der Waals surface area contributed by atoms with E-state index in [4.69, 9.17) is 4.42 Å². The number of allylic oxidation sites excluding steroid dienone is 2. The van der Waals surface area contributed by atoms with E-state index in [0.29, 0.717) is 28.5 Å². The van der Waals surface area contributed by atoms with E-state index in [2.05, 4.69) is 0 Å². The summed E-state index contributed by atoms with van der Waals surface area (Å²) in [6, 6.07) is 14.4. The van der Waals surface area contributed by atoms with Gasteiger partial charge in [-0.3, -0.25) is 0 Å². The van der Waals surface area contributed by atoms with Crippen molar-refractivity contribution in [3.63, 3.8) is 0 Å². The molecule has 0 atom stereocenters. The number of hydrogen-bond donors (Lipinski definition) is 0. The van der Waals surface area contributed by atoms with Gasteiger partial charge in [0.25, 0.3) is 5.52 Å². The summed E-state index contributed by atoms with van der Waals surface area (Å²) >= 11 is 0. The molecule has 1 aliphatic rings. The van der Waals surface area contributed by atoms with E-state index >= 15 is 0 Å². The molecule has 234 valence electrons. The maximum atomic E-state index is 13.5. The first-order valence-corrected chi connectivity index (χ1v) is 16.6. The van der Waals surface area contributed by atoms with Crippen LogP contribution in [0.3, 0.4) is 0 Å². The predicted octanol–water partition coefficient (Wildman–Crippen LogP) is 4.57. The molecule has 10 nitrogen and oxygen atoms in total. The second-order valence-corrected chi connectivity index (χ2v) is 13.3. The second-order valence-electron chi connectivity index (χ2n) is 10.3. The SMILES string of the molecule is CN1/C(=C\C=Cc2oc3ccc4ccccc4c3[n+]2CCCS(=O)(=O)[O-])N(CCCS(=O)(=O)[O-])c2cc(C(F)(F)F)ccc21. The lowest BCUT2D eigenvalue weighted by molar-refractivity contribution is -0.677. The number of fused-ring (bicyclic) bond motifs is 4. The number of hydrogen-bond acceptors (Lipinski definition) is 9. The Bertz CT molecular complexity index is 2000. The molecule has 0 fully saturated rings. The third-order valence-corrected chi connectivity index (χ3v) is 8.80. The summed E-state index contributed by atoms with van der Waals surface area (Å²) in [5.74, 6) is -0.499. The molecule has 15 heteroatoms. The van der Waals surface area contributed by atoms with E-state index in [1.165, 1.54) is 11.0 Å². The Morgan fingerprint density at radius 3 is 2.34 bits per heavy atom. The van der Waals surface area contributed by atoms with Crippen LogP contribution in [0.25, 0.3) is 27.9 Å². The lowest BCUT2D eigenvalue weighted by Crippen LogP contribution is -2.36.